The number of hydrogen-bond acceptors (Lipinski definition) is 4. The third kappa shape index (κ3) is 5.03. The lowest BCUT2D eigenvalue weighted by Crippen LogP contribution is -2.33. The topological polar surface area (TPSA) is 101 Å². The van der Waals surface area contributed by atoms with Gasteiger partial charge in [0, 0.05) is 19.2 Å². The molecule has 18 heavy (non-hydrogen) atoms. The minimum Gasteiger partial charge on any atom is -0.481 e. The van der Waals surface area contributed by atoms with Gasteiger partial charge in [0.05, 0.1) is 11.7 Å². The van der Waals surface area contributed by atoms with Gasteiger partial charge in [-0.05, 0) is 18.8 Å². The number of nitrogens with one attached hydrogen (secondary N) is 1. The maximum absolute atomic E-state index is 11.4. The fourth-order valence-electron chi connectivity index (χ4n) is 2.22. The standard InChI is InChI=1S/C11H19NO5S/c1-18(16,17)6-5-10(13)12-7-8-3-2-4-9(8)11(14)15/h8-9H,2-7H2,1H3,(H,12,13)(H,14,15). The van der Waals surface area contributed by atoms with Crippen molar-refractivity contribution in [2.24, 2.45) is 11.8 Å². The van der Waals surface area contributed by atoms with Gasteiger partial charge in [0.2, 0.25) is 5.91 Å². The zero-order valence-corrected chi connectivity index (χ0v) is 11.2. The first-order valence-electron chi connectivity index (χ1n) is 5.97. The van der Waals surface area contributed by atoms with Crippen LogP contribution in [0.1, 0.15) is 25.7 Å². The molecule has 0 aromatic heterocycles. The fourth-order valence-corrected chi connectivity index (χ4v) is 2.77. The van der Waals surface area contributed by atoms with Crippen molar-refractivity contribution in [3.8, 4) is 0 Å². The lowest BCUT2D eigenvalue weighted by molar-refractivity contribution is -0.143. The molecule has 1 fully saturated rings. The maximum Gasteiger partial charge on any atom is 0.306 e. The quantitative estimate of drug-likeness (QED) is 0.714. The summed E-state index contributed by atoms with van der Waals surface area (Å²) in [6.45, 7) is 0.319. The molecule has 0 radical (unpaired) electrons. The van der Waals surface area contributed by atoms with Gasteiger partial charge in [-0.1, -0.05) is 6.42 Å². The number of carbonyl (C=O) groups excluding carboxylic acids is 1. The normalized spacial score (nSPS) is 23.8. The van der Waals surface area contributed by atoms with Crippen LogP contribution in [0.25, 0.3) is 0 Å². The molecule has 0 heterocycles. The first-order chi connectivity index (χ1) is 8.29. The van der Waals surface area contributed by atoms with E-state index in [0.717, 1.165) is 19.1 Å². The van der Waals surface area contributed by atoms with Crippen LogP contribution in [-0.4, -0.2) is 44.0 Å². The molecular weight excluding hydrogens is 258 g/mol. The first kappa shape index (κ1) is 14.9. The highest BCUT2D eigenvalue weighted by atomic mass is 32.2. The molecule has 0 aromatic carbocycles. The number of sulfone groups is 1. The molecule has 2 unspecified atom stereocenters. The van der Waals surface area contributed by atoms with E-state index in [-0.39, 0.29) is 29.9 Å². The van der Waals surface area contributed by atoms with E-state index in [2.05, 4.69) is 5.32 Å². The molecule has 7 heteroatoms. The van der Waals surface area contributed by atoms with E-state index in [1.165, 1.54) is 0 Å². The van der Waals surface area contributed by atoms with E-state index < -0.39 is 15.8 Å². The van der Waals surface area contributed by atoms with Gasteiger partial charge in [0.25, 0.3) is 0 Å². The van der Waals surface area contributed by atoms with E-state index >= 15 is 0 Å². The van der Waals surface area contributed by atoms with Crippen molar-refractivity contribution in [2.75, 3.05) is 18.6 Å². The summed E-state index contributed by atoms with van der Waals surface area (Å²) in [5.41, 5.74) is 0. The molecule has 0 saturated heterocycles. The molecular formula is C11H19NO5S. The van der Waals surface area contributed by atoms with Crippen molar-refractivity contribution in [2.45, 2.75) is 25.7 Å². The van der Waals surface area contributed by atoms with Crippen LogP contribution in [0.3, 0.4) is 0 Å². The van der Waals surface area contributed by atoms with E-state index in [0.29, 0.717) is 13.0 Å². The third-order valence-corrected chi connectivity index (χ3v) is 4.18. The van der Waals surface area contributed by atoms with E-state index in [9.17, 15) is 18.0 Å². The van der Waals surface area contributed by atoms with Crippen LogP contribution < -0.4 is 5.32 Å². The highest BCUT2D eigenvalue weighted by Crippen LogP contribution is 2.31. The monoisotopic (exact) mass is 277 g/mol. The van der Waals surface area contributed by atoms with Crippen molar-refractivity contribution < 1.29 is 23.1 Å². The summed E-state index contributed by atoms with van der Waals surface area (Å²) < 4.78 is 21.8. The van der Waals surface area contributed by atoms with Crippen molar-refractivity contribution in [1.29, 1.82) is 0 Å². The number of amides is 1. The Kier molecular flexibility index (Phi) is 5.13. The Morgan fingerprint density at radius 2 is 2.00 bits per heavy atom. The van der Waals surface area contributed by atoms with Gasteiger partial charge in [0.15, 0.2) is 0 Å². The van der Waals surface area contributed by atoms with Gasteiger partial charge in [-0.2, -0.15) is 0 Å². The number of carboxylic acids is 1. The molecule has 6 nitrogen and oxygen atoms in total. The van der Waals surface area contributed by atoms with Crippen LogP contribution >= 0.6 is 0 Å². The maximum atomic E-state index is 11.4. The van der Waals surface area contributed by atoms with Crippen LogP contribution in [0, 0.1) is 11.8 Å². The molecule has 1 amide bonds. The molecule has 2 N–H and O–H groups in total. The molecule has 1 aliphatic carbocycles. The van der Waals surface area contributed by atoms with E-state index in [4.69, 9.17) is 5.11 Å². The Morgan fingerprint density at radius 1 is 1.33 bits per heavy atom. The van der Waals surface area contributed by atoms with Crippen molar-refractivity contribution in [3.05, 3.63) is 0 Å². The molecule has 0 aliphatic heterocycles. The molecule has 0 bridgehead atoms. The minimum absolute atomic E-state index is 0.0373. The predicted molar refractivity (Wildman–Crippen MR) is 65.8 cm³/mol. The lowest BCUT2D eigenvalue weighted by atomic mass is 9.96. The largest absolute Gasteiger partial charge is 0.481 e. The van der Waals surface area contributed by atoms with E-state index in [1.54, 1.807) is 0 Å². The van der Waals surface area contributed by atoms with Crippen LogP contribution in [0.15, 0.2) is 0 Å². The third-order valence-electron chi connectivity index (χ3n) is 3.24. The van der Waals surface area contributed by atoms with Crippen LogP contribution in [0.5, 0.6) is 0 Å². The summed E-state index contributed by atoms with van der Waals surface area (Å²) in [6, 6.07) is 0. The number of hydrogen-bond donors (Lipinski definition) is 2. The summed E-state index contributed by atoms with van der Waals surface area (Å²) in [5.74, 6) is -1.75. The average Bonchev–Trinajstić information content (AvgIpc) is 2.70. The molecule has 104 valence electrons. The van der Waals surface area contributed by atoms with Crippen molar-refractivity contribution in [3.63, 3.8) is 0 Å². The second kappa shape index (κ2) is 6.17. The fraction of sp³-hybridized carbons (Fsp3) is 0.818. The zero-order valence-electron chi connectivity index (χ0n) is 10.4. The number of aliphatic carboxylic acids is 1. The predicted octanol–water partition coefficient (Wildman–Crippen LogP) is 0.0382. The Labute approximate surface area is 107 Å². The highest BCUT2D eigenvalue weighted by molar-refractivity contribution is 7.90. The summed E-state index contributed by atoms with van der Waals surface area (Å²) in [6.07, 6.45) is 3.32. The van der Waals surface area contributed by atoms with Crippen LogP contribution in [-0.2, 0) is 19.4 Å². The second-order valence-electron chi connectivity index (χ2n) is 4.82. The van der Waals surface area contributed by atoms with Gasteiger partial charge in [0.1, 0.15) is 9.84 Å². The number of rotatable bonds is 6. The average molecular weight is 277 g/mol. The molecule has 1 aliphatic rings. The van der Waals surface area contributed by atoms with Crippen LogP contribution in [0.2, 0.25) is 0 Å². The molecule has 0 aromatic rings. The van der Waals surface area contributed by atoms with Crippen LogP contribution in [0.4, 0.5) is 0 Å². The zero-order chi connectivity index (χ0) is 13.8. The summed E-state index contributed by atoms with van der Waals surface area (Å²) in [4.78, 5) is 22.3. The Morgan fingerprint density at radius 3 is 2.56 bits per heavy atom. The van der Waals surface area contributed by atoms with Crippen molar-refractivity contribution >= 4 is 21.7 Å². The Bertz CT molecular complexity index is 417. The van der Waals surface area contributed by atoms with Gasteiger partial charge >= 0.3 is 5.97 Å². The van der Waals surface area contributed by atoms with Gasteiger partial charge in [-0.3, -0.25) is 9.59 Å². The molecule has 0 spiro atoms. The number of carbonyl (C=O) groups is 2. The van der Waals surface area contributed by atoms with Crippen molar-refractivity contribution in [1.82, 2.24) is 5.32 Å². The molecule has 1 rings (SSSR count). The summed E-state index contributed by atoms with van der Waals surface area (Å²) in [5, 5.41) is 11.6. The van der Waals surface area contributed by atoms with Gasteiger partial charge < -0.3 is 10.4 Å². The minimum atomic E-state index is -3.14. The Hall–Kier alpha value is -1.11. The van der Waals surface area contributed by atoms with E-state index in [1.807, 2.05) is 0 Å². The summed E-state index contributed by atoms with van der Waals surface area (Å²) >= 11 is 0. The first-order valence-corrected chi connectivity index (χ1v) is 8.03. The molecule has 1 saturated carbocycles. The smallest absolute Gasteiger partial charge is 0.306 e. The Balaban J connectivity index is 2.32. The highest BCUT2D eigenvalue weighted by Gasteiger charge is 2.32. The number of carboxylic acid groups (broad SMARTS) is 1. The second-order valence-corrected chi connectivity index (χ2v) is 7.08. The SMILES string of the molecule is CS(=O)(=O)CCC(=O)NCC1CCCC1C(=O)O. The molecule has 2 atom stereocenters. The lowest BCUT2D eigenvalue weighted by Gasteiger charge is -2.16. The van der Waals surface area contributed by atoms with Gasteiger partial charge in [-0.15, -0.1) is 0 Å². The van der Waals surface area contributed by atoms with Gasteiger partial charge in [-0.25, -0.2) is 8.42 Å². The summed E-state index contributed by atoms with van der Waals surface area (Å²) in [7, 11) is -3.14.